The predicted molar refractivity (Wildman–Crippen MR) is 83.7 cm³/mol. The molecule has 0 bridgehead atoms. The van der Waals surface area contributed by atoms with Crippen molar-refractivity contribution in [3.8, 4) is 0 Å². The summed E-state index contributed by atoms with van der Waals surface area (Å²) in [6.07, 6.45) is 2.46. The van der Waals surface area contributed by atoms with Gasteiger partial charge in [0.05, 0.1) is 5.39 Å². The van der Waals surface area contributed by atoms with E-state index in [0.29, 0.717) is 0 Å². The summed E-state index contributed by atoms with van der Waals surface area (Å²) < 4.78 is 4.23. The van der Waals surface area contributed by atoms with Gasteiger partial charge in [0.1, 0.15) is 22.8 Å². The van der Waals surface area contributed by atoms with Gasteiger partial charge in [-0.25, -0.2) is 15.0 Å². The third-order valence-corrected chi connectivity index (χ3v) is 4.27. The highest BCUT2D eigenvalue weighted by Crippen LogP contribution is 2.23. The largest absolute Gasteiger partial charge is 0.368 e. The molecule has 20 heavy (non-hydrogen) atoms. The van der Waals surface area contributed by atoms with Crippen molar-refractivity contribution in [3.63, 3.8) is 0 Å². The Hall–Kier alpha value is -1.80. The van der Waals surface area contributed by atoms with Gasteiger partial charge in [0.2, 0.25) is 5.13 Å². The van der Waals surface area contributed by atoms with Crippen LogP contribution in [-0.4, -0.2) is 32.4 Å². The molecule has 6 nitrogen and oxygen atoms in total. The van der Waals surface area contributed by atoms with Crippen molar-refractivity contribution in [2.24, 2.45) is 0 Å². The summed E-state index contributed by atoms with van der Waals surface area (Å²) in [4.78, 5) is 13.9. The molecule has 0 spiro atoms. The Labute approximate surface area is 124 Å². The van der Waals surface area contributed by atoms with Crippen LogP contribution in [0.5, 0.6) is 0 Å². The van der Waals surface area contributed by atoms with Crippen LogP contribution in [-0.2, 0) is 6.42 Å². The first-order valence-corrected chi connectivity index (χ1v) is 8.00. The minimum Gasteiger partial charge on any atom is -0.368 e. The Bertz CT molecular complexity index is 692. The first-order valence-electron chi connectivity index (χ1n) is 6.35. The Morgan fingerprint density at radius 3 is 2.95 bits per heavy atom. The highest BCUT2D eigenvalue weighted by molar-refractivity contribution is 7.16. The second kappa shape index (κ2) is 6.10. The van der Waals surface area contributed by atoms with Crippen LogP contribution in [0.1, 0.15) is 12.7 Å². The fourth-order valence-electron chi connectivity index (χ4n) is 1.75. The summed E-state index contributed by atoms with van der Waals surface area (Å²) in [5.74, 6) is 1.77. The minimum atomic E-state index is 0.767. The van der Waals surface area contributed by atoms with E-state index < -0.39 is 0 Å². The number of fused-ring (bicyclic) bond motifs is 1. The molecule has 0 fully saturated rings. The lowest BCUT2D eigenvalue weighted by Gasteiger charge is -2.06. The fourth-order valence-corrected chi connectivity index (χ4v) is 3.16. The van der Waals surface area contributed by atoms with E-state index in [4.69, 9.17) is 0 Å². The summed E-state index contributed by atoms with van der Waals surface area (Å²) in [6, 6.07) is 2.04. The summed E-state index contributed by atoms with van der Waals surface area (Å²) in [6.45, 7) is 3.59. The van der Waals surface area contributed by atoms with Gasteiger partial charge >= 0.3 is 0 Å². The van der Waals surface area contributed by atoms with Gasteiger partial charge in [-0.2, -0.15) is 4.37 Å². The van der Waals surface area contributed by atoms with Crippen molar-refractivity contribution in [2.45, 2.75) is 13.3 Å². The zero-order valence-corrected chi connectivity index (χ0v) is 12.6. The molecule has 2 N–H and O–H groups in total. The molecule has 3 rings (SSSR count). The molecule has 0 amide bonds. The second-order valence-electron chi connectivity index (χ2n) is 4.08. The van der Waals surface area contributed by atoms with E-state index in [-0.39, 0.29) is 0 Å². The zero-order valence-electron chi connectivity index (χ0n) is 11.0. The van der Waals surface area contributed by atoms with Crippen molar-refractivity contribution in [3.05, 3.63) is 23.6 Å². The molecule has 0 aliphatic carbocycles. The maximum absolute atomic E-state index is 4.36. The molecule has 8 heteroatoms. The smallest absolute Gasteiger partial charge is 0.202 e. The van der Waals surface area contributed by atoms with E-state index in [0.717, 1.165) is 46.5 Å². The summed E-state index contributed by atoms with van der Waals surface area (Å²) in [5, 5.41) is 10.5. The third-order valence-electron chi connectivity index (χ3n) is 2.74. The molecular weight excluding hydrogens is 292 g/mol. The number of nitrogens with one attached hydrogen (secondary N) is 2. The van der Waals surface area contributed by atoms with Crippen LogP contribution in [0.4, 0.5) is 10.9 Å². The monoisotopic (exact) mass is 306 g/mol. The number of nitrogens with zero attached hydrogens (tertiary/aromatic N) is 4. The number of hydrogen-bond acceptors (Lipinski definition) is 8. The molecule has 0 saturated heterocycles. The average Bonchev–Trinajstić information content (AvgIpc) is 3.12. The molecular formula is C12H14N6S2. The lowest BCUT2D eigenvalue weighted by atomic mass is 10.4. The van der Waals surface area contributed by atoms with Crippen LogP contribution >= 0.6 is 22.9 Å². The number of thiophene rings is 1. The van der Waals surface area contributed by atoms with Gasteiger partial charge in [-0.1, -0.05) is 6.92 Å². The van der Waals surface area contributed by atoms with Crippen LogP contribution in [0, 0.1) is 0 Å². The molecule has 0 saturated carbocycles. The molecule has 0 aliphatic rings. The normalized spacial score (nSPS) is 10.8. The highest BCUT2D eigenvalue weighted by atomic mass is 32.1. The minimum absolute atomic E-state index is 0.767. The van der Waals surface area contributed by atoms with Crippen LogP contribution in [0.15, 0.2) is 17.8 Å². The second-order valence-corrected chi connectivity index (χ2v) is 5.73. The number of anilines is 2. The van der Waals surface area contributed by atoms with E-state index in [1.165, 1.54) is 11.5 Å². The zero-order chi connectivity index (χ0) is 13.8. The maximum atomic E-state index is 4.36. The molecule has 0 aliphatic heterocycles. The van der Waals surface area contributed by atoms with Crippen LogP contribution in [0.25, 0.3) is 10.2 Å². The van der Waals surface area contributed by atoms with Crippen molar-refractivity contribution < 1.29 is 0 Å². The van der Waals surface area contributed by atoms with Gasteiger partial charge < -0.3 is 10.6 Å². The molecule has 0 radical (unpaired) electrons. The Morgan fingerprint density at radius 2 is 2.10 bits per heavy atom. The standard InChI is InChI=1S/C12H14N6S2/c1-2-9-17-12(20-18-9)14-5-4-13-10-8-3-6-19-11(8)16-7-15-10/h3,6-7H,2,4-5H2,1H3,(H,13,15,16)(H,14,17,18). The topological polar surface area (TPSA) is 75.6 Å². The molecule has 3 heterocycles. The van der Waals surface area contributed by atoms with Crippen LogP contribution < -0.4 is 10.6 Å². The van der Waals surface area contributed by atoms with E-state index >= 15 is 0 Å². The van der Waals surface area contributed by atoms with Crippen molar-refractivity contribution in [2.75, 3.05) is 23.7 Å². The molecule has 3 aromatic rings. The van der Waals surface area contributed by atoms with Gasteiger partial charge in [-0.05, 0) is 11.4 Å². The van der Waals surface area contributed by atoms with Gasteiger partial charge in [0, 0.05) is 31.0 Å². The van der Waals surface area contributed by atoms with Gasteiger partial charge in [-0.3, -0.25) is 0 Å². The van der Waals surface area contributed by atoms with E-state index in [1.54, 1.807) is 17.7 Å². The average molecular weight is 306 g/mol. The van der Waals surface area contributed by atoms with Crippen molar-refractivity contribution in [1.82, 2.24) is 19.3 Å². The first kappa shape index (κ1) is 13.2. The summed E-state index contributed by atoms with van der Waals surface area (Å²) in [5.41, 5.74) is 0. The van der Waals surface area contributed by atoms with Crippen LogP contribution in [0.2, 0.25) is 0 Å². The molecule has 104 valence electrons. The molecule has 0 unspecified atom stereocenters. The van der Waals surface area contributed by atoms with Crippen LogP contribution in [0.3, 0.4) is 0 Å². The highest BCUT2D eigenvalue weighted by Gasteiger charge is 2.04. The number of hydrogen-bond donors (Lipinski definition) is 2. The molecule has 3 aromatic heterocycles. The van der Waals surface area contributed by atoms with Gasteiger partial charge in [0.15, 0.2) is 0 Å². The van der Waals surface area contributed by atoms with Gasteiger partial charge in [0.25, 0.3) is 0 Å². The SMILES string of the molecule is CCc1nsc(NCCNc2ncnc3sccc23)n1. The number of aryl methyl sites for hydroxylation is 1. The number of rotatable bonds is 6. The Kier molecular flexibility index (Phi) is 4.03. The van der Waals surface area contributed by atoms with Gasteiger partial charge in [-0.15, -0.1) is 11.3 Å². The Morgan fingerprint density at radius 1 is 1.20 bits per heavy atom. The summed E-state index contributed by atoms with van der Waals surface area (Å²) >= 11 is 3.02. The lowest BCUT2D eigenvalue weighted by Crippen LogP contribution is -2.14. The molecule has 0 aromatic carbocycles. The lowest BCUT2D eigenvalue weighted by molar-refractivity contribution is 0.989. The van der Waals surface area contributed by atoms with Crippen molar-refractivity contribution >= 4 is 44.0 Å². The van der Waals surface area contributed by atoms with Crippen molar-refractivity contribution in [1.29, 1.82) is 0 Å². The predicted octanol–water partition coefficient (Wildman–Crippen LogP) is 2.63. The quantitative estimate of drug-likeness (QED) is 0.682. The third kappa shape index (κ3) is 2.86. The van der Waals surface area contributed by atoms with E-state index in [2.05, 4.69) is 36.9 Å². The first-order chi connectivity index (χ1) is 9.86. The maximum Gasteiger partial charge on any atom is 0.202 e. The van der Waals surface area contributed by atoms with E-state index in [9.17, 15) is 0 Å². The summed E-state index contributed by atoms with van der Waals surface area (Å²) in [7, 11) is 0. The fraction of sp³-hybridized carbons (Fsp3) is 0.333. The molecule has 0 atom stereocenters. The Balaban J connectivity index is 1.53. The van der Waals surface area contributed by atoms with E-state index in [1.807, 2.05) is 11.4 Å². The number of aromatic nitrogens is 4.